The van der Waals surface area contributed by atoms with Gasteiger partial charge in [0.15, 0.2) is 5.82 Å². The Kier molecular flexibility index (Phi) is 3.81. The van der Waals surface area contributed by atoms with Crippen molar-refractivity contribution in [3.05, 3.63) is 33.4 Å². The molecule has 2 rings (SSSR count). The van der Waals surface area contributed by atoms with Crippen molar-refractivity contribution in [1.29, 1.82) is 0 Å². The first-order valence-electron chi connectivity index (χ1n) is 5.28. The van der Waals surface area contributed by atoms with Crippen LogP contribution in [0.2, 0.25) is 5.28 Å². The Hall–Kier alpha value is -1.33. The number of rotatable bonds is 4. The maximum atomic E-state index is 5.74. The van der Waals surface area contributed by atoms with Crippen LogP contribution in [0, 0.1) is 0 Å². The summed E-state index contributed by atoms with van der Waals surface area (Å²) in [5, 5.41) is 3.35. The van der Waals surface area contributed by atoms with Gasteiger partial charge in [-0.2, -0.15) is 4.98 Å². The van der Waals surface area contributed by atoms with E-state index in [1.54, 1.807) is 11.3 Å². The van der Waals surface area contributed by atoms with E-state index >= 15 is 0 Å². The van der Waals surface area contributed by atoms with Gasteiger partial charge in [0, 0.05) is 9.75 Å². The van der Waals surface area contributed by atoms with Crippen molar-refractivity contribution in [2.45, 2.75) is 19.9 Å². The second-order valence-electron chi connectivity index (χ2n) is 3.52. The van der Waals surface area contributed by atoms with Crippen LogP contribution in [0.25, 0.3) is 0 Å². The topological polar surface area (TPSA) is 63.8 Å². The zero-order chi connectivity index (χ0) is 12.3. The van der Waals surface area contributed by atoms with Gasteiger partial charge in [-0.25, -0.2) is 4.98 Å². The summed E-state index contributed by atoms with van der Waals surface area (Å²) in [6.45, 7) is 2.84. The second-order valence-corrected chi connectivity index (χ2v) is 5.11. The van der Waals surface area contributed by atoms with E-state index in [4.69, 9.17) is 17.3 Å². The highest BCUT2D eigenvalue weighted by atomic mass is 35.5. The number of nitrogens with one attached hydrogen (secondary N) is 1. The number of aryl methyl sites for hydroxylation is 1. The van der Waals surface area contributed by atoms with Crippen molar-refractivity contribution in [1.82, 2.24) is 9.97 Å². The minimum Gasteiger partial charge on any atom is -0.394 e. The van der Waals surface area contributed by atoms with E-state index in [9.17, 15) is 0 Å². The molecule has 0 bridgehead atoms. The van der Waals surface area contributed by atoms with E-state index in [1.165, 1.54) is 16.0 Å². The highest BCUT2D eigenvalue weighted by Crippen LogP contribution is 2.20. The fourth-order valence-electron chi connectivity index (χ4n) is 1.39. The van der Waals surface area contributed by atoms with Gasteiger partial charge < -0.3 is 11.1 Å². The van der Waals surface area contributed by atoms with Crippen LogP contribution in [0.5, 0.6) is 0 Å². The molecule has 0 atom stereocenters. The zero-order valence-corrected chi connectivity index (χ0v) is 11.0. The predicted octanol–water partition coefficient (Wildman–Crippen LogP) is 2.95. The van der Waals surface area contributed by atoms with Crippen molar-refractivity contribution < 1.29 is 0 Å². The highest BCUT2D eigenvalue weighted by molar-refractivity contribution is 7.12. The maximum absolute atomic E-state index is 5.74. The summed E-state index contributed by atoms with van der Waals surface area (Å²) in [5.74, 6) is 0.580. The number of anilines is 2. The van der Waals surface area contributed by atoms with Gasteiger partial charge in [-0.15, -0.1) is 11.3 Å². The lowest BCUT2D eigenvalue weighted by molar-refractivity contribution is 1.10. The van der Waals surface area contributed by atoms with Crippen LogP contribution in [0.4, 0.5) is 11.5 Å². The molecule has 2 aromatic heterocycles. The summed E-state index contributed by atoms with van der Waals surface area (Å²) in [6, 6.07) is 4.24. The molecule has 0 radical (unpaired) electrons. The molecule has 0 spiro atoms. The Morgan fingerprint density at radius 3 is 2.88 bits per heavy atom. The number of halogens is 1. The number of nitrogen functional groups attached to an aromatic ring is 1. The molecule has 0 saturated heterocycles. The molecule has 2 aromatic rings. The van der Waals surface area contributed by atoms with Gasteiger partial charge in [0.1, 0.15) is 0 Å². The third-order valence-electron chi connectivity index (χ3n) is 2.28. The molecule has 2 heterocycles. The smallest absolute Gasteiger partial charge is 0.224 e. The highest BCUT2D eigenvalue weighted by Gasteiger charge is 2.04. The number of hydrogen-bond donors (Lipinski definition) is 2. The molecule has 0 amide bonds. The van der Waals surface area contributed by atoms with Crippen LogP contribution >= 0.6 is 22.9 Å². The molecule has 0 aliphatic heterocycles. The molecule has 0 aliphatic carbocycles. The fourth-order valence-corrected chi connectivity index (χ4v) is 2.42. The van der Waals surface area contributed by atoms with Crippen LogP contribution in [-0.2, 0) is 13.0 Å². The van der Waals surface area contributed by atoms with E-state index in [-0.39, 0.29) is 5.28 Å². The summed E-state index contributed by atoms with van der Waals surface area (Å²) < 4.78 is 0. The molecule has 17 heavy (non-hydrogen) atoms. The van der Waals surface area contributed by atoms with E-state index < -0.39 is 0 Å². The van der Waals surface area contributed by atoms with Crippen molar-refractivity contribution >= 4 is 34.4 Å². The Bertz CT molecular complexity index is 512. The van der Waals surface area contributed by atoms with Crippen LogP contribution < -0.4 is 11.1 Å². The van der Waals surface area contributed by atoms with Gasteiger partial charge in [-0.3, -0.25) is 0 Å². The Balaban J connectivity index is 2.04. The monoisotopic (exact) mass is 268 g/mol. The van der Waals surface area contributed by atoms with Gasteiger partial charge in [0.2, 0.25) is 5.28 Å². The van der Waals surface area contributed by atoms with Gasteiger partial charge >= 0.3 is 0 Å². The van der Waals surface area contributed by atoms with Crippen molar-refractivity contribution in [2.75, 3.05) is 11.1 Å². The minimum atomic E-state index is 0.196. The Morgan fingerprint density at radius 2 is 2.18 bits per heavy atom. The second kappa shape index (κ2) is 5.33. The lowest BCUT2D eigenvalue weighted by atomic mass is 10.3. The maximum Gasteiger partial charge on any atom is 0.224 e. The largest absolute Gasteiger partial charge is 0.394 e. The minimum absolute atomic E-state index is 0.196. The van der Waals surface area contributed by atoms with Crippen LogP contribution in [0.1, 0.15) is 16.7 Å². The first-order valence-corrected chi connectivity index (χ1v) is 6.48. The van der Waals surface area contributed by atoms with Gasteiger partial charge in [0.25, 0.3) is 0 Å². The Labute approximate surface area is 109 Å². The van der Waals surface area contributed by atoms with E-state index in [0.29, 0.717) is 18.1 Å². The number of aromatic nitrogens is 2. The molecule has 6 heteroatoms. The average molecular weight is 269 g/mol. The molecule has 90 valence electrons. The molecule has 0 unspecified atom stereocenters. The summed E-state index contributed by atoms with van der Waals surface area (Å²) in [6.07, 6.45) is 2.57. The summed E-state index contributed by atoms with van der Waals surface area (Å²) in [7, 11) is 0. The molecule has 4 nitrogen and oxygen atoms in total. The molecular formula is C11H13ClN4S. The summed E-state index contributed by atoms with van der Waals surface area (Å²) in [4.78, 5) is 10.5. The molecular weight excluding hydrogens is 256 g/mol. The van der Waals surface area contributed by atoms with Gasteiger partial charge in [0.05, 0.1) is 18.4 Å². The molecule has 0 fully saturated rings. The fraction of sp³-hybridized carbons (Fsp3) is 0.273. The molecule has 0 saturated carbocycles. The first kappa shape index (κ1) is 12.1. The molecule has 0 aromatic carbocycles. The summed E-state index contributed by atoms with van der Waals surface area (Å²) >= 11 is 7.49. The lowest BCUT2D eigenvalue weighted by Crippen LogP contribution is -2.04. The van der Waals surface area contributed by atoms with Crippen LogP contribution in [0.15, 0.2) is 18.3 Å². The quantitative estimate of drug-likeness (QED) is 0.837. The molecule has 3 N–H and O–H groups in total. The van der Waals surface area contributed by atoms with Crippen molar-refractivity contribution in [3.63, 3.8) is 0 Å². The molecule has 0 aliphatic rings. The van der Waals surface area contributed by atoms with Gasteiger partial charge in [-0.1, -0.05) is 6.92 Å². The first-order chi connectivity index (χ1) is 8.19. The average Bonchev–Trinajstić information content (AvgIpc) is 2.78. The SMILES string of the molecule is CCc1ccc(CNc2nc(Cl)ncc2N)s1. The normalized spacial score (nSPS) is 10.5. The number of nitrogens with two attached hydrogens (primary N) is 1. The van der Waals surface area contributed by atoms with E-state index in [2.05, 4.69) is 34.3 Å². The standard InChI is InChI=1S/C11H13ClN4S/c1-2-7-3-4-8(17-7)5-14-10-9(13)6-15-11(12)16-10/h3-4,6H,2,5,13H2,1H3,(H,14,15,16). The van der Waals surface area contributed by atoms with Gasteiger partial charge in [-0.05, 0) is 30.2 Å². The van der Waals surface area contributed by atoms with E-state index in [0.717, 1.165) is 6.42 Å². The van der Waals surface area contributed by atoms with Crippen LogP contribution in [-0.4, -0.2) is 9.97 Å². The Morgan fingerprint density at radius 1 is 1.41 bits per heavy atom. The third-order valence-corrected chi connectivity index (χ3v) is 3.70. The number of thiophene rings is 1. The van der Waals surface area contributed by atoms with Crippen LogP contribution in [0.3, 0.4) is 0 Å². The number of hydrogen-bond acceptors (Lipinski definition) is 5. The van der Waals surface area contributed by atoms with E-state index in [1.807, 2.05) is 0 Å². The predicted molar refractivity (Wildman–Crippen MR) is 72.5 cm³/mol. The number of nitrogens with zero attached hydrogens (tertiary/aromatic N) is 2. The van der Waals surface area contributed by atoms with Crippen molar-refractivity contribution in [3.8, 4) is 0 Å². The lowest BCUT2D eigenvalue weighted by Gasteiger charge is -2.06. The third kappa shape index (κ3) is 3.08. The van der Waals surface area contributed by atoms with Crippen molar-refractivity contribution in [2.24, 2.45) is 0 Å². The zero-order valence-electron chi connectivity index (χ0n) is 9.40. The summed E-state index contributed by atoms with van der Waals surface area (Å²) in [5.41, 5.74) is 6.24.